The standard InChI is InChI=1S/C26H52O2/c1-4-5-6-7-8-9-10-11-12-13-14-15-16-17-18-19-20-21-22-23-24-25(2)28-26(3)27/h25H,4-24H2,1-3H3/t25-/m1/s1. The van der Waals surface area contributed by atoms with Gasteiger partial charge in [0.1, 0.15) is 0 Å². The average Bonchev–Trinajstić information content (AvgIpc) is 2.66. The number of esters is 1. The Hall–Kier alpha value is -0.530. The normalized spacial score (nSPS) is 12.2. The van der Waals surface area contributed by atoms with Gasteiger partial charge in [-0.05, 0) is 19.8 Å². The predicted octanol–water partition coefficient (Wildman–Crippen LogP) is 9.15. The quantitative estimate of drug-likeness (QED) is 0.135. The first kappa shape index (κ1) is 27.5. The summed E-state index contributed by atoms with van der Waals surface area (Å²) in [5.41, 5.74) is 0. The van der Waals surface area contributed by atoms with E-state index in [1.807, 2.05) is 6.92 Å². The molecule has 0 aliphatic rings. The highest BCUT2D eigenvalue weighted by Gasteiger charge is 2.04. The number of unbranched alkanes of at least 4 members (excludes halogenated alkanes) is 19. The molecule has 0 aromatic carbocycles. The van der Waals surface area contributed by atoms with Crippen molar-refractivity contribution < 1.29 is 9.53 Å². The second-order valence-electron chi connectivity index (χ2n) is 8.93. The monoisotopic (exact) mass is 396 g/mol. The fourth-order valence-electron chi connectivity index (χ4n) is 4.03. The molecule has 28 heavy (non-hydrogen) atoms. The third-order valence-corrected chi connectivity index (χ3v) is 5.83. The SMILES string of the molecule is CCCCCCCCCCCCCCCCCCCCCC[C@@H](C)OC(C)=O. The zero-order valence-corrected chi connectivity index (χ0v) is 19.7. The zero-order chi connectivity index (χ0) is 20.7. The molecule has 0 bridgehead atoms. The number of ether oxygens (including phenoxy) is 1. The van der Waals surface area contributed by atoms with E-state index in [1.54, 1.807) is 0 Å². The predicted molar refractivity (Wildman–Crippen MR) is 124 cm³/mol. The molecule has 0 fully saturated rings. The third-order valence-electron chi connectivity index (χ3n) is 5.83. The molecular weight excluding hydrogens is 344 g/mol. The summed E-state index contributed by atoms with van der Waals surface area (Å²) in [6.45, 7) is 5.78. The van der Waals surface area contributed by atoms with Gasteiger partial charge in [0.2, 0.25) is 0 Å². The lowest BCUT2D eigenvalue weighted by molar-refractivity contribution is -0.145. The van der Waals surface area contributed by atoms with Gasteiger partial charge >= 0.3 is 5.97 Å². The number of hydrogen-bond donors (Lipinski definition) is 0. The van der Waals surface area contributed by atoms with E-state index in [0.29, 0.717) is 0 Å². The van der Waals surface area contributed by atoms with Gasteiger partial charge in [-0.2, -0.15) is 0 Å². The van der Waals surface area contributed by atoms with Gasteiger partial charge in [-0.15, -0.1) is 0 Å². The van der Waals surface area contributed by atoms with Gasteiger partial charge in [-0.1, -0.05) is 129 Å². The molecule has 0 aromatic rings. The van der Waals surface area contributed by atoms with Gasteiger partial charge in [0.05, 0.1) is 6.10 Å². The maximum absolute atomic E-state index is 10.8. The smallest absolute Gasteiger partial charge is 0.302 e. The van der Waals surface area contributed by atoms with E-state index < -0.39 is 0 Å². The van der Waals surface area contributed by atoms with Crippen molar-refractivity contribution >= 4 is 5.97 Å². The molecule has 0 unspecified atom stereocenters. The van der Waals surface area contributed by atoms with E-state index in [2.05, 4.69) is 6.92 Å². The molecule has 0 spiro atoms. The minimum atomic E-state index is -0.152. The van der Waals surface area contributed by atoms with Gasteiger partial charge in [0.15, 0.2) is 0 Å². The van der Waals surface area contributed by atoms with E-state index >= 15 is 0 Å². The number of rotatable bonds is 22. The summed E-state index contributed by atoms with van der Waals surface area (Å²) >= 11 is 0. The van der Waals surface area contributed by atoms with Crippen LogP contribution in [0.5, 0.6) is 0 Å². The van der Waals surface area contributed by atoms with Crippen LogP contribution in [-0.4, -0.2) is 12.1 Å². The Kier molecular flexibility index (Phi) is 22.3. The minimum absolute atomic E-state index is 0.0908. The Morgan fingerprint density at radius 1 is 0.571 bits per heavy atom. The lowest BCUT2D eigenvalue weighted by Crippen LogP contribution is -2.11. The van der Waals surface area contributed by atoms with E-state index in [4.69, 9.17) is 4.74 Å². The van der Waals surface area contributed by atoms with Crippen molar-refractivity contribution in [1.82, 2.24) is 0 Å². The summed E-state index contributed by atoms with van der Waals surface area (Å²) < 4.78 is 5.15. The Morgan fingerprint density at radius 2 is 0.857 bits per heavy atom. The molecule has 0 saturated heterocycles. The lowest BCUT2D eigenvalue weighted by atomic mass is 10.0. The van der Waals surface area contributed by atoms with Crippen LogP contribution in [0.4, 0.5) is 0 Å². The highest BCUT2D eigenvalue weighted by atomic mass is 16.5. The van der Waals surface area contributed by atoms with Crippen molar-refractivity contribution in [3.8, 4) is 0 Å². The second-order valence-corrected chi connectivity index (χ2v) is 8.93. The van der Waals surface area contributed by atoms with Crippen LogP contribution >= 0.6 is 0 Å². The molecule has 2 heteroatoms. The van der Waals surface area contributed by atoms with Gasteiger partial charge in [0, 0.05) is 6.92 Å². The maximum Gasteiger partial charge on any atom is 0.302 e. The van der Waals surface area contributed by atoms with Crippen LogP contribution in [-0.2, 0) is 9.53 Å². The lowest BCUT2D eigenvalue weighted by Gasteiger charge is -2.11. The summed E-state index contributed by atoms with van der Waals surface area (Å²) in [6.07, 6.45) is 29.4. The van der Waals surface area contributed by atoms with E-state index in [-0.39, 0.29) is 12.1 Å². The molecule has 0 aliphatic heterocycles. The maximum atomic E-state index is 10.8. The largest absolute Gasteiger partial charge is 0.463 e. The molecule has 0 amide bonds. The summed E-state index contributed by atoms with van der Waals surface area (Å²) in [4.78, 5) is 10.8. The average molecular weight is 397 g/mol. The van der Waals surface area contributed by atoms with Crippen LogP contribution in [0.1, 0.15) is 156 Å². The molecule has 0 radical (unpaired) electrons. The van der Waals surface area contributed by atoms with E-state index in [0.717, 1.165) is 6.42 Å². The van der Waals surface area contributed by atoms with Crippen molar-refractivity contribution in [3.63, 3.8) is 0 Å². The van der Waals surface area contributed by atoms with Crippen LogP contribution in [0.3, 0.4) is 0 Å². The molecule has 2 nitrogen and oxygen atoms in total. The first-order chi connectivity index (χ1) is 13.7. The zero-order valence-electron chi connectivity index (χ0n) is 19.7. The van der Waals surface area contributed by atoms with Crippen molar-refractivity contribution in [2.24, 2.45) is 0 Å². The first-order valence-corrected chi connectivity index (χ1v) is 12.8. The second kappa shape index (κ2) is 22.8. The summed E-state index contributed by atoms with van der Waals surface area (Å²) in [7, 11) is 0. The molecule has 1 atom stereocenters. The Morgan fingerprint density at radius 3 is 1.14 bits per heavy atom. The first-order valence-electron chi connectivity index (χ1n) is 12.8. The van der Waals surface area contributed by atoms with Crippen molar-refractivity contribution in [2.75, 3.05) is 0 Å². The fraction of sp³-hybridized carbons (Fsp3) is 0.962. The summed E-state index contributed by atoms with van der Waals surface area (Å²) in [5, 5.41) is 0. The van der Waals surface area contributed by atoms with Crippen LogP contribution < -0.4 is 0 Å². The van der Waals surface area contributed by atoms with Gasteiger partial charge < -0.3 is 4.74 Å². The van der Waals surface area contributed by atoms with Crippen molar-refractivity contribution in [1.29, 1.82) is 0 Å². The molecule has 0 heterocycles. The van der Waals surface area contributed by atoms with Gasteiger partial charge in [-0.25, -0.2) is 0 Å². The molecule has 0 N–H and O–H groups in total. The highest BCUT2D eigenvalue weighted by molar-refractivity contribution is 5.66. The molecule has 0 aromatic heterocycles. The fourth-order valence-corrected chi connectivity index (χ4v) is 4.03. The minimum Gasteiger partial charge on any atom is -0.463 e. The molecule has 168 valence electrons. The Labute approximate surface area is 177 Å². The molecule has 0 aliphatic carbocycles. The summed E-state index contributed by atoms with van der Waals surface area (Å²) in [6, 6.07) is 0. The number of carbonyl (C=O) groups excluding carboxylic acids is 1. The van der Waals surface area contributed by atoms with Gasteiger partial charge in [-0.3, -0.25) is 4.79 Å². The van der Waals surface area contributed by atoms with Crippen LogP contribution in [0, 0.1) is 0 Å². The van der Waals surface area contributed by atoms with Crippen LogP contribution in [0.2, 0.25) is 0 Å². The van der Waals surface area contributed by atoms with Crippen LogP contribution in [0.25, 0.3) is 0 Å². The van der Waals surface area contributed by atoms with Crippen molar-refractivity contribution in [2.45, 2.75) is 162 Å². The van der Waals surface area contributed by atoms with E-state index in [9.17, 15) is 4.79 Å². The topological polar surface area (TPSA) is 26.3 Å². The molecular formula is C26H52O2. The Balaban J connectivity index is 3.06. The number of carbonyl (C=O) groups is 1. The third kappa shape index (κ3) is 23.5. The van der Waals surface area contributed by atoms with E-state index in [1.165, 1.54) is 135 Å². The summed E-state index contributed by atoms with van der Waals surface area (Å²) in [5.74, 6) is -0.152. The Bertz CT molecular complexity index is 314. The molecule has 0 saturated carbocycles. The number of hydrogen-bond acceptors (Lipinski definition) is 2. The molecule has 0 rings (SSSR count). The van der Waals surface area contributed by atoms with Crippen molar-refractivity contribution in [3.05, 3.63) is 0 Å². The van der Waals surface area contributed by atoms with Gasteiger partial charge in [0.25, 0.3) is 0 Å². The highest BCUT2D eigenvalue weighted by Crippen LogP contribution is 2.15. The van der Waals surface area contributed by atoms with Crippen LogP contribution in [0.15, 0.2) is 0 Å².